The molecule has 1 saturated heterocycles. The molecular weight excluding hydrogens is 232 g/mol. The minimum Gasteiger partial charge on any atom is -0.438 e. The number of ether oxygens (including phenoxy) is 3. The van der Waals surface area contributed by atoms with Gasteiger partial charge in [0.1, 0.15) is 0 Å². The first kappa shape index (κ1) is 15.4. The van der Waals surface area contributed by atoms with Gasteiger partial charge in [0.25, 0.3) is 0 Å². The Labute approximate surface area is 110 Å². The van der Waals surface area contributed by atoms with E-state index in [2.05, 4.69) is 6.92 Å². The molecule has 3 atom stereocenters. The first-order valence-electron chi connectivity index (χ1n) is 6.83. The van der Waals surface area contributed by atoms with Crippen LogP contribution < -0.4 is 0 Å². The van der Waals surface area contributed by atoms with Gasteiger partial charge in [-0.15, -0.1) is 0 Å². The Morgan fingerprint density at radius 1 is 1.28 bits per heavy atom. The Morgan fingerprint density at radius 2 is 1.94 bits per heavy atom. The van der Waals surface area contributed by atoms with E-state index in [1.54, 1.807) is 0 Å². The first-order chi connectivity index (χ1) is 8.37. The molecule has 1 aliphatic heterocycles. The van der Waals surface area contributed by atoms with E-state index < -0.39 is 0 Å². The summed E-state index contributed by atoms with van der Waals surface area (Å²) >= 11 is 0. The normalized spacial score (nSPS) is 28.4. The Morgan fingerprint density at radius 3 is 2.44 bits per heavy atom. The van der Waals surface area contributed by atoms with Gasteiger partial charge in [0.15, 0.2) is 6.79 Å². The fourth-order valence-electron chi connectivity index (χ4n) is 2.10. The van der Waals surface area contributed by atoms with Crippen molar-refractivity contribution in [2.24, 2.45) is 5.92 Å². The highest BCUT2D eigenvalue weighted by molar-refractivity contribution is 5.73. The van der Waals surface area contributed by atoms with E-state index in [-0.39, 0.29) is 36.5 Å². The second-order valence-corrected chi connectivity index (χ2v) is 5.79. The summed E-state index contributed by atoms with van der Waals surface area (Å²) in [7, 11) is 0. The molecule has 4 heteroatoms. The molecule has 0 aromatic rings. The van der Waals surface area contributed by atoms with Crippen molar-refractivity contribution in [3.63, 3.8) is 0 Å². The van der Waals surface area contributed by atoms with Gasteiger partial charge in [0, 0.05) is 0 Å². The fourth-order valence-corrected chi connectivity index (χ4v) is 2.10. The van der Waals surface area contributed by atoms with Crippen LogP contribution in [0.25, 0.3) is 0 Å². The standard InChI is InChI=1S/C14H26O4/c1-6-10-8-11(12(7-2)18-10)13(15)16-9-17-14(3,4)5/h10-12H,6-9H2,1-5H3. The van der Waals surface area contributed by atoms with E-state index in [9.17, 15) is 4.79 Å². The fraction of sp³-hybridized carbons (Fsp3) is 0.929. The molecule has 0 amide bonds. The van der Waals surface area contributed by atoms with Crippen molar-refractivity contribution in [1.29, 1.82) is 0 Å². The third kappa shape index (κ3) is 4.58. The number of hydrogen-bond donors (Lipinski definition) is 0. The second kappa shape index (κ2) is 6.53. The molecule has 3 unspecified atom stereocenters. The Balaban J connectivity index is 2.41. The van der Waals surface area contributed by atoms with Crippen LogP contribution in [0, 0.1) is 5.92 Å². The van der Waals surface area contributed by atoms with Gasteiger partial charge in [-0.25, -0.2) is 0 Å². The molecule has 106 valence electrons. The molecular formula is C14H26O4. The Bertz CT molecular complexity index is 269. The maximum absolute atomic E-state index is 12.0. The lowest BCUT2D eigenvalue weighted by Crippen LogP contribution is -2.28. The SMILES string of the molecule is CCC1CC(C(=O)OCOC(C)(C)C)C(CC)O1. The zero-order valence-electron chi connectivity index (χ0n) is 12.2. The average molecular weight is 258 g/mol. The average Bonchev–Trinajstić information content (AvgIpc) is 2.70. The van der Waals surface area contributed by atoms with Crippen LogP contribution in [0.2, 0.25) is 0 Å². The quantitative estimate of drug-likeness (QED) is 0.562. The van der Waals surface area contributed by atoms with Gasteiger partial charge in [-0.05, 0) is 40.0 Å². The highest BCUT2D eigenvalue weighted by Gasteiger charge is 2.39. The largest absolute Gasteiger partial charge is 0.438 e. The van der Waals surface area contributed by atoms with Crippen molar-refractivity contribution in [3.8, 4) is 0 Å². The van der Waals surface area contributed by atoms with Gasteiger partial charge < -0.3 is 14.2 Å². The summed E-state index contributed by atoms with van der Waals surface area (Å²) in [6.07, 6.45) is 2.74. The summed E-state index contributed by atoms with van der Waals surface area (Å²) in [6.45, 7) is 9.93. The monoisotopic (exact) mass is 258 g/mol. The lowest BCUT2D eigenvalue weighted by molar-refractivity contribution is -0.173. The van der Waals surface area contributed by atoms with Crippen molar-refractivity contribution < 1.29 is 19.0 Å². The predicted octanol–water partition coefficient (Wildman–Crippen LogP) is 2.90. The molecule has 0 saturated carbocycles. The van der Waals surface area contributed by atoms with Crippen LogP contribution in [-0.4, -0.2) is 30.6 Å². The third-order valence-electron chi connectivity index (χ3n) is 3.19. The molecule has 0 aromatic heterocycles. The van der Waals surface area contributed by atoms with E-state index >= 15 is 0 Å². The Kier molecular flexibility index (Phi) is 5.60. The molecule has 1 rings (SSSR count). The lowest BCUT2D eigenvalue weighted by atomic mass is 9.97. The van der Waals surface area contributed by atoms with E-state index in [4.69, 9.17) is 14.2 Å². The molecule has 0 spiro atoms. The maximum Gasteiger partial charge on any atom is 0.313 e. The molecule has 1 aliphatic rings. The minimum atomic E-state index is -0.289. The summed E-state index contributed by atoms with van der Waals surface area (Å²) in [5.74, 6) is -0.328. The number of hydrogen-bond acceptors (Lipinski definition) is 4. The summed E-state index contributed by atoms with van der Waals surface area (Å²) in [5, 5.41) is 0. The van der Waals surface area contributed by atoms with Crippen molar-refractivity contribution in [1.82, 2.24) is 0 Å². The van der Waals surface area contributed by atoms with Crippen LogP contribution in [0.1, 0.15) is 53.9 Å². The van der Waals surface area contributed by atoms with Crippen LogP contribution >= 0.6 is 0 Å². The predicted molar refractivity (Wildman–Crippen MR) is 69.1 cm³/mol. The minimum absolute atomic E-state index is 0.00270. The maximum atomic E-state index is 12.0. The van der Waals surface area contributed by atoms with E-state index in [1.165, 1.54) is 0 Å². The third-order valence-corrected chi connectivity index (χ3v) is 3.19. The second-order valence-electron chi connectivity index (χ2n) is 5.79. The summed E-state index contributed by atoms with van der Waals surface area (Å²) in [6, 6.07) is 0. The van der Waals surface area contributed by atoms with Gasteiger partial charge in [-0.1, -0.05) is 13.8 Å². The van der Waals surface area contributed by atoms with E-state index in [1.807, 2.05) is 27.7 Å². The van der Waals surface area contributed by atoms with Crippen LogP contribution in [0.15, 0.2) is 0 Å². The molecule has 0 aromatic carbocycles. The molecule has 0 radical (unpaired) electrons. The Hall–Kier alpha value is -0.610. The van der Waals surface area contributed by atoms with Crippen LogP contribution in [0.5, 0.6) is 0 Å². The van der Waals surface area contributed by atoms with Crippen molar-refractivity contribution in [2.75, 3.05) is 6.79 Å². The van der Waals surface area contributed by atoms with Gasteiger partial charge in [0.05, 0.1) is 23.7 Å². The molecule has 1 heterocycles. The van der Waals surface area contributed by atoms with Gasteiger partial charge in [-0.2, -0.15) is 0 Å². The van der Waals surface area contributed by atoms with Crippen LogP contribution in [-0.2, 0) is 19.0 Å². The lowest BCUT2D eigenvalue weighted by Gasteiger charge is -2.21. The van der Waals surface area contributed by atoms with Crippen molar-refractivity contribution >= 4 is 5.97 Å². The molecule has 1 fully saturated rings. The highest BCUT2D eigenvalue weighted by Crippen LogP contribution is 2.31. The highest BCUT2D eigenvalue weighted by atomic mass is 16.7. The zero-order chi connectivity index (χ0) is 13.8. The summed E-state index contributed by atoms with van der Waals surface area (Å²) < 4.78 is 16.4. The number of carbonyl (C=O) groups is 1. The smallest absolute Gasteiger partial charge is 0.313 e. The first-order valence-corrected chi connectivity index (χ1v) is 6.83. The van der Waals surface area contributed by atoms with E-state index in [0.29, 0.717) is 0 Å². The van der Waals surface area contributed by atoms with Gasteiger partial charge >= 0.3 is 5.97 Å². The van der Waals surface area contributed by atoms with Crippen LogP contribution in [0.3, 0.4) is 0 Å². The van der Waals surface area contributed by atoms with Crippen molar-refractivity contribution in [2.45, 2.75) is 71.7 Å². The van der Waals surface area contributed by atoms with Gasteiger partial charge in [0.2, 0.25) is 0 Å². The molecule has 0 bridgehead atoms. The molecule has 0 aliphatic carbocycles. The summed E-state index contributed by atoms with van der Waals surface area (Å²) in [5.41, 5.74) is -0.289. The summed E-state index contributed by atoms with van der Waals surface area (Å²) in [4.78, 5) is 12.0. The van der Waals surface area contributed by atoms with E-state index in [0.717, 1.165) is 19.3 Å². The molecule has 18 heavy (non-hydrogen) atoms. The molecule has 0 N–H and O–H groups in total. The molecule has 4 nitrogen and oxygen atoms in total. The van der Waals surface area contributed by atoms with Crippen LogP contribution in [0.4, 0.5) is 0 Å². The number of esters is 1. The number of carbonyl (C=O) groups excluding carboxylic acids is 1. The topological polar surface area (TPSA) is 44.8 Å². The van der Waals surface area contributed by atoms with Crippen molar-refractivity contribution in [3.05, 3.63) is 0 Å². The van der Waals surface area contributed by atoms with Gasteiger partial charge in [-0.3, -0.25) is 4.79 Å². The zero-order valence-corrected chi connectivity index (χ0v) is 12.2. The number of rotatable bonds is 5.